The van der Waals surface area contributed by atoms with Gasteiger partial charge in [-0.3, -0.25) is 9.59 Å². The Morgan fingerprint density at radius 2 is 1.58 bits per heavy atom. The first-order chi connectivity index (χ1) is 12.6. The fraction of sp³-hybridized carbons (Fsp3) is 0.364. The van der Waals surface area contributed by atoms with Gasteiger partial charge < -0.3 is 10.6 Å². The average Bonchev–Trinajstić information content (AvgIpc) is 2.69. The van der Waals surface area contributed by atoms with Crippen LogP contribution >= 0.6 is 0 Å². The van der Waals surface area contributed by atoms with Gasteiger partial charge in [-0.1, -0.05) is 49.1 Å². The summed E-state index contributed by atoms with van der Waals surface area (Å²) in [5.74, 6) is 0.195. The van der Waals surface area contributed by atoms with Crippen LogP contribution in [0.15, 0.2) is 48.5 Å². The number of hydrogen-bond acceptors (Lipinski definition) is 2. The minimum atomic E-state index is -0.133. The van der Waals surface area contributed by atoms with Crippen LogP contribution in [0.2, 0.25) is 0 Å². The quantitative estimate of drug-likeness (QED) is 0.837. The lowest BCUT2D eigenvalue weighted by Crippen LogP contribution is -2.31. The first-order valence-electron chi connectivity index (χ1n) is 9.36. The van der Waals surface area contributed by atoms with Gasteiger partial charge in [-0.15, -0.1) is 0 Å². The topological polar surface area (TPSA) is 58.2 Å². The van der Waals surface area contributed by atoms with Crippen LogP contribution in [0.4, 0.5) is 5.69 Å². The van der Waals surface area contributed by atoms with E-state index in [0.717, 1.165) is 42.5 Å². The van der Waals surface area contributed by atoms with Gasteiger partial charge in [0.15, 0.2) is 0 Å². The Hall–Kier alpha value is -2.62. The van der Waals surface area contributed by atoms with E-state index >= 15 is 0 Å². The minimum absolute atomic E-state index is 0.133. The molecular formula is C22H26N2O2. The Balaban J connectivity index is 1.51. The van der Waals surface area contributed by atoms with E-state index in [2.05, 4.69) is 10.6 Å². The van der Waals surface area contributed by atoms with Crippen molar-refractivity contribution in [3.05, 3.63) is 65.2 Å². The number of rotatable bonds is 5. The van der Waals surface area contributed by atoms with Crippen LogP contribution in [-0.4, -0.2) is 11.8 Å². The van der Waals surface area contributed by atoms with Gasteiger partial charge in [0.1, 0.15) is 0 Å². The molecule has 26 heavy (non-hydrogen) atoms. The number of carbonyl (C=O) groups excluding carboxylic acids is 2. The van der Waals surface area contributed by atoms with E-state index in [1.165, 1.54) is 6.42 Å². The smallest absolute Gasteiger partial charge is 0.255 e. The highest BCUT2D eigenvalue weighted by Crippen LogP contribution is 2.23. The van der Waals surface area contributed by atoms with E-state index in [-0.39, 0.29) is 17.7 Å². The highest BCUT2D eigenvalue weighted by atomic mass is 16.2. The van der Waals surface area contributed by atoms with Gasteiger partial charge in [0, 0.05) is 23.7 Å². The lowest BCUT2D eigenvalue weighted by Gasteiger charge is -2.20. The molecule has 3 rings (SSSR count). The number of anilines is 1. The Morgan fingerprint density at radius 1 is 0.923 bits per heavy atom. The lowest BCUT2D eigenvalue weighted by atomic mass is 9.88. The first kappa shape index (κ1) is 18.2. The molecule has 1 aliphatic rings. The fourth-order valence-electron chi connectivity index (χ4n) is 3.31. The predicted octanol–water partition coefficient (Wildman–Crippen LogP) is 4.44. The second-order valence-electron chi connectivity index (χ2n) is 7.07. The van der Waals surface area contributed by atoms with Gasteiger partial charge in [-0.2, -0.15) is 0 Å². The highest BCUT2D eigenvalue weighted by molar-refractivity contribution is 6.04. The van der Waals surface area contributed by atoms with Crippen molar-refractivity contribution in [3.63, 3.8) is 0 Å². The lowest BCUT2D eigenvalue weighted by molar-refractivity contribution is -0.126. The Morgan fingerprint density at radius 3 is 2.23 bits per heavy atom. The molecule has 2 amide bonds. The van der Waals surface area contributed by atoms with Crippen molar-refractivity contribution in [2.24, 2.45) is 5.92 Å². The third kappa shape index (κ3) is 4.94. The van der Waals surface area contributed by atoms with Crippen LogP contribution in [-0.2, 0) is 11.3 Å². The van der Waals surface area contributed by atoms with Crippen LogP contribution < -0.4 is 10.6 Å². The van der Waals surface area contributed by atoms with Crippen molar-refractivity contribution in [2.45, 2.75) is 45.6 Å². The summed E-state index contributed by atoms with van der Waals surface area (Å²) in [6.45, 7) is 2.52. The molecule has 0 heterocycles. The zero-order chi connectivity index (χ0) is 18.4. The molecule has 2 N–H and O–H groups in total. The summed E-state index contributed by atoms with van der Waals surface area (Å²) in [4.78, 5) is 24.5. The maximum absolute atomic E-state index is 12.3. The highest BCUT2D eigenvalue weighted by Gasteiger charge is 2.20. The van der Waals surface area contributed by atoms with Crippen LogP contribution in [0.25, 0.3) is 0 Å². The van der Waals surface area contributed by atoms with Gasteiger partial charge >= 0.3 is 0 Å². The Bertz CT molecular complexity index is 745. The fourth-order valence-corrected chi connectivity index (χ4v) is 3.31. The third-order valence-electron chi connectivity index (χ3n) is 4.97. The number of benzene rings is 2. The van der Waals surface area contributed by atoms with E-state index in [9.17, 15) is 9.59 Å². The van der Waals surface area contributed by atoms with Crippen molar-refractivity contribution in [1.82, 2.24) is 5.32 Å². The summed E-state index contributed by atoms with van der Waals surface area (Å²) in [5.41, 5.74) is 3.54. The van der Waals surface area contributed by atoms with Crippen LogP contribution in [0.1, 0.15) is 53.6 Å². The number of carbonyl (C=O) groups is 2. The second kappa shape index (κ2) is 8.65. The molecule has 0 saturated heterocycles. The molecule has 0 atom stereocenters. The van der Waals surface area contributed by atoms with Gasteiger partial charge in [0.25, 0.3) is 5.91 Å². The number of nitrogens with one attached hydrogen (secondary N) is 2. The Labute approximate surface area is 155 Å². The first-order valence-corrected chi connectivity index (χ1v) is 9.36. The summed E-state index contributed by atoms with van der Waals surface area (Å²) >= 11 is 0. The van der Waals surface area contributed by atoms with E-state index in [1.54, 1.807) is 12.1 Å². The molecule has 0 spiro atoms. The van der Waals surface area contributed by atoms with Gasteiger partial charge in [-0.05, 0) is 49.6 Å². The maximum Gasteiger partial charge on any atom is 0.255 e. The summed E-state index contributed by atoms with van der Waals surface area (Å²) < 4.78 is 0. The monoisotopic (exact) mass is 350 g/mol. The third-order valence-corrected chi connectivity index (χ3v) is 4.97. The van der Waals surface area contributed by atoms with E-state index < -0.39 is 0 Å². The van der Waals surface area contributed by atoms with E-state index in [1.807, 2.05) is 43.3 Å². The molecule has 1 fully saturated rings. The van der Waals surface area contributed by atoms with Gasteiger partial charge in [0.2, 0.25) is 5.91 Å². The zero-order valence-electron chi connectivity index (χ0n) is 15.3. The summed E-state index contributed by atoms with van der Waals surface area (Å²) in [5, 5.41) is 5.91. The molecule has 2 aromatic carbocycles. The molecule has 4 heteroatoms. The Kier molecular flexibility index (Phi) is 6.05. The summed E-state index contributed by atoms with van der Waals surface area (Å²) in [6.07, 6.45) is 5.57. The SMILES string of the molecule is Cc1ccc(NC(=O)c2ccc(CNC(=O)C3CCCCC3)cc2)cc1. The molecule has 0 aliphatic heterocycles. The number of amides is 2. The van der Waals surface area contributed by atoms with Crippen molar-refractivity contribution in [1.29, 1.82) is 0 Å². The number of hydrogen-bond donors (Lipinski definition) is 2. The van der Waals surface area contributed by atoms with Crippen molar-refractivity contribution >= 4 is 17.5 Å². The van der Waals surface area contributed by atoms with Crippen LogP contribution in [0, 0.1) is 12.8 Å². The van der Waals surface area contributed by atoms with E-state index in [4.69, 9.17) is 0 Å². The number of aryl methyl sites for hydroxylation is 1. The minimum Gasteiger partial charge on any atom is -0.352 e. The molecule has 0 unspecified atom stereocenters. The van der Waals surface area contributed by atoms with Crippen LogP contribution in [0.5, 0.6) is 0 Å². The van der Waals surface area contributed by atoms with Crippen molar-refractivity contribution in [3.8, 4) is 0 Å². The average molecular weight is 350 g/mol. The van der Waals surface area contributed by atoms with E-state index in [0.29, 0.717) is 12.1 Å². The molecule has 1 saturated carbocycles. The molecule has 2 aromatic rings. The molecule has 1 aliphatic carbocycles. The van der Waals surface area contributed by atoms with Crippen molar-refractivity contribution in [2.75, 3.05) is 5.32 Å². The van der Waals surface area contributed by atoms with Crippen LogP contribution in [0.3, 0.4) is 0 Å². The molecule has 0 radical (unpaired) electrons. The summed E-state index contributed by atoms with van der Waals surface area (Å²) in [6, 6.07) is 15.1. The molecule has 0 bridgehead atoms. The molecule has 4 nitrogen and oxygen atoms in total. The molecule has 0 aromatic heterocycles. The standard InChI is InChI=1S/C22H26N2O2/c1-16-7-13-20(14-8-16)24-22(26)19-11-9-17(10-12-19)15-23-21(25)18-5-3-2-4-6-18/h7-14,18H,2-6,15H2,1H3,(H,23,25)(H,24,26). The molecule has 136 valence electrons. The van der Waals surface area contributed by atoms with Gasteiger partial charge in [-0.25, -0.2) is 0 Å². The van der Waals surface area contributed by atoms with Gasteiger partial charge in [0.05, 0.1) is 0 Å². The largest absolute Gasteiger partial charge is 0.352 e. The predicted molar refractivity (Wildman–Crippen MR) is 104 cm³/mol. The van der Waals surface area contributed by atoms with Crippen molar-refractivity contribution < 1.29 is 9.59 Å². The maximum atomic E-state index is 12.3. The zero-order valence-corrected chi connectivity index (χ0v) is 15.3. The normalized spacial score (nSPS) is 14.7. The summed E-state index contributed by atoms with van der Waals surface area (Å²) in [7, 11) is 0. The second-order valence-corrected chi connectivity index (χ2v) is 7.07. The molecular weight excluding hydrogens is 324 g/mol.